The van der Waals surface area contributed by atoms with Crippen molar-refractivity contribution in [2.24, 2.45) is 5.92 Å². The van der Waals surface area contributed by atoms with Crippen LogP contribution < -0.4 is 0 Å². The molecule has 0 spiro atoms. The molecule has 0 aromatic heterocycles. The van der Waals surface area contributed by atoms with Crippen LogP contribution in [0.2, 0.25) is 0 Å². The van der Waals surface area contributed by atoms with E-state index in [0.717, 1.165) is 45.3 Å². The Bertz CT molecular complexity index is 506. The van der Waals surface area contributed by atoms with Crippen LogP contribution in [0.25, 0.3) is 0 Å². The first-order chi connectivity index (χ1) is 14.3. The van der Waals surface area contributed by atoms with Crippen molar-refractivity contribution < 1.29 is 29.6 Å². The van der Waals surface area contributed by atoms with Gasteiger partial charge in [-0.05, 0) is 59.4 Å². The monoisotopic (exact) mass is 430 g/mol. The molecule has 0 amide bonds. The first-order valence-electron chi connectivity index (χ1n) is 11.6. The van der Waals surface area contributed by atoms with Gasteiger partial charge < -0.3 is 29.7 Å². The number of aliphatic carboxylic acids is 1. The summed E-state index contributed by atoms with van der Waals surface area (Å²) in [5.74, 6) is -1.72. The lowest BCUT2D eigenvalue weighted by molar-refractivity contribution is -0.145. The van der Waals surface area contributed by atoms with Crippen molar-refractivity contribution in [3.63, 3.8) is 0 Å². The van der Waals surface area contributed by atoms with Crippen LogP contribution in [-0.2, 0) is 14.3 Å². The Balaban J connectivity index is 1.76. The standard InChI is InChI=1S/C22H42N2O6/c1-16(2)29-11-6-10-24-15-20(26)21(22(27)28)19(24)13-17(3)30-12-5-9-23-8-4-7-18(25)14-23/h16-21,25-26H,4-15H2,1-3H3,(H,27,28)/t17?,18-,19?,20?,21?/m1/s1. The van der Waals surface area contributed by atoms with Crippen molar-refractivity contribution in [1.82, 2.24) is 9.80 Å². The molecule has 2 saturated heterocycles. The number of aliphatic hydroxyl groups excluding tert-OH is 2. The van der Waals surface area contributed by atoms with E-state index in [9.17, 15) is 20.1 Å². The van der Waals surface area contributed by atoms with Gasteiger partial charge in [0, 0.05) is 45.4 Å². The van der Waals surface area contributed by atoms with Crippen molar-refractivity contribution >= 4 is 5.97 Å². The second-order valence-electron chi connectivity index (χ2n) is 9.13. The van der Waals surface area contributed by atoms with Gasteiger partial charge in [-0.3, -0.25) is 9.69 Å². The summed E-state index contributed by atoms with van der Waals surface area (Å²) in [4.78, 5) is 16.1. The third-order valence-electron chi connectivity index (χ3n) is 6.12. The minimum Gasteiger partial charge on any atom is -0.481 e. The van der Waals surface area contributed by atoms with Crippen LogP contribution in [0, 0.1) is 5.92 Å². The van der Waals surface area contributed by atoms with E-state index < -0.39 is 18.0 Å². The minimum absolute atomic E-state index is 0.0801. The van der Waals surface area contributed by atoms with E-state index in [1.54, 1.807) is 0 Å². The van der Waals surface area contributed by atoms with E-state index in [1.165, 1.54) is 0 Å². The van der Waals surface area contributed by atoms with Crippen molar-refractivity contribution in [3.8, 4) is 0 Å². The van der Waals surface area contributed by atoms with Crippen LogP contribution in [0.5, 0.6) is 0 Å². The number of aliphatic hydroxyl groups is 2. The highest BCUT2D eigenvalue weighted by Crippen LogP contribution is 2.29. The lowest BCUT2D eigenvalue weighted by atomic mass is 9.94. The third-order valence-corrected chi connectivity index (χ3v) is 6.12. The van der Waals surface area contributed by atoms with Gasteiger partial charge in [0.2, 0.25) is 0 Å². The number of nitrogens with zero attached hydrogens (tertiary/aromatic N) is 2. The highest BCUT2D eigenvalue weighted by molar-refractivity contribution is 5.72. The highest BCUT2D eigenvalue weighted by atomic mass is 16.5. The van der Waals surface area contributed by atoms with Crippen molar-refractivity contribution in [2.75, 3.05) is 45.9 Å². The number of piperidine rings is 1. The van der Waals surface area contributed by atoms with Crippen LogP contribution in [0.1, 0.15) is 52.9 Å². The van der Waals surface area contributed by atoms with Crippen LogP contribution in [0.3, 0.4) is 0 Å². The number of ether oxygens (including phenoxy) is 2. The summed E-state index contributed by atoms with van der Waals surface area (Å²) in [5.41, 5.74) is 0. The van der Waals surface area contributed by atoms with Gasteiger partial charge in [-0.25, -0.2) is 0 Å². The Hall–Kier alpha value is -0.770. The van der Waals surface area contributed by atoms with Crippen molar-refractivity contribution in [2.45, 2.75) is 83.3 Å². The number of carboxylic acids is 1. The molecule has 0 radical (unpaired) electrons. The molecule has 2 heterocycles. The summed E-state index contributed by atoms with van der Waals surface area (Å²) >= 11 is 0. The highest BCUT2D eigenvalue weighted by Gasteiger charge is 2.45. The zero-order valence-corrected chi connectivity index (χ0v) is 18.9. The second-order valence-corrected chi connectivity index (χ2v) is 9.13. The minimum atomic E-state index is -0.940. The molecule has 2 rings (SSSR count). The largest absolute Gasteiger partial charge is 0.481 e. The number of β-amino-alcohol motifs (C(OH)–C–C–N with tert-alkyl or cyclic N) is 2. The maximum Gasteiger partial charge on any atom is 0.310 e. The van der Waals surface area contributed by atoms with Gasteiger partial charge in [-0.1, -0.05) is 0 Å². The Morgan fingerprint density at radius 2 is 1.77 bits per heavy atom. The first-order valence-corrected chi connectivity index (χ1v) is 11.6. The molecular formula is C22H42N2O6. The SMILES string of the molecule is CC(C)OCCCN1CC(O)C(C(=O)O)C1CC(C)OCCCN1CCC[C@@H](O)C1. The lowest BCUT2D eigenvalue weighted by Gasteiger charge is -2.30. The molecule has 8 nitrogen and oxygen atoms in total. The lowest BCUT2D eigenvalue weighted by Crippen LogP contribution is -2.40. The summed E-state index contributed by atoms with van der Waals surface area (Å²) in [6, 6.07) is -0.233. The molecule has 0 aliphatic carbocycles. The molecule has 5 atom stereocenters. The molecule has 8 heteroatoms. The topological polar surface area (TPSA) is 103 Å². The van der Waals surface area contributed by atoms with Gasteiger partial charge >= 0.3 is 5.97 Å². The molecule has 4 unspecified atom stereocenters. The molecule has 3 N–H and O–H groups in total. The fourth-order valence-corrected chi connectivity index (χ4v) is 4.66. The fraction of sp³-hybridized carbons (Fsp3) is 0.955. The van der Waals surface area contributed by atoms with Gasteiger partial charge in [-0.15, -0.1) is 0 Å². The predicted molar refractivity (Wildman–Crippen MR) is 115 cm³/mol. The smallest absolute Gasteiger partial charge is 0.310 e. The molecule has 0 bridgehead atoms. The molecule has 176 valence electrons. The number of carboxylic acid groups (broad SMARTS) is 1. The maximum atomic E-state index is 11.8. The Morgan fingerprint density at radius 3 is 2.43 bits per heavy atom. The van der Waals surface area contributed by atoms with E-state index in [-0.39, 0.29) is 24.4 Å². The van der Waals surface area contributed by atoms with E-state index in [0.29, 0.717) is 32.7 Å². The molecule has 2 aliphatic rings. The van der Waals surface area contributed by atoms with Gasteiger partial charge in [0.25, 0.3) is 0 Å². The van der Waals surface area contributed by atoms with Crippen LogP contribution >= 0.6 is 0 Å². The van der Waals surface area contributed by atoms with E-state index in [2.05, 4.69) is 9.80 Å². The molecular weight excluding hydrogens is 388 g/mol. The van der Waals surface area contributed by atoms with Gasteiger partial charge in [0.15, 0.2) is 0 Å². The van der Waals surface area contributed by atoms with E-state index >= 15 is 0 Å². The fourth-order valence-electron chi connectivity index (χ4n) is 4.66. The molecule has 2 fully saturated rings. The second kappa shape index (κ2) is 12.9. The first kappa shape index (κ1) is 25.5. The maximum absolute atomic E-state index is 11.8. The molecule has 0 saturated carbocycles. The Morgan fingerprint density at radius 1 is 1.07 bits per heavy atom. The number of likely N-dealkylation sites (tertiary alicyclic amines) is 2. The number of rotatable bonds is 13. The summed E-state index contributed by atoms with van der Waals surface area (Å²) in [6.07, 6.45) is 3.25. The van der Waals surface area contributed by atoms with Gasteiger partial charge in [-0.2, -0.15) is 0 Å². The normalized spacial score (nSPS) is 29.5. The molecule has 30 heavy (non-hydrogen) atoms. The van der Waals surface area contributed by atoms with Gasteiger partial charge in [0.1, 0.15) is 0 Å². The summed E-state index contributed by atoms with van der Waals surface area (Å²) in [7, 11) is 0. The number of hydrogen-bond donors (Lipinski definition) is 3. The number of carbonyl (C=O) groups is 1. The van der Waals surface area contributed by atoms with E-state index in [1.807, 2.05) is 20.8 Å². The quantitative estimate of drug-likeness (QED) is 0.375. The van der Waals surface area contributed by atoms with Crippen LogP contribution in [-0.4, -0.2) is 107 Å². The summed E-state index contributed by atoms with van der Waals surface area (Å²) < 4.78 is 11.6. The van der Waals surface area contributed by atoms with E-state index in [4.69, 9.17) is 9.47 Å². The van der Waals surface area contributed by atoms with Crippen LogP contribution in [0.15, 0.2) is 0 Å². The molecule has 2 aliphatic heterocycles. The van der Waals surface area contributed by atoms with Gasteiger partial charge in [0.05, 0.1) is 30.3 Å². The van der Waals surface area contributed by atoms with Crippen molar-refractivity contribution in [3.05, 3.63) is 0 Å². The predicted octanol–water partition coefficient (Wildman–Crippen LogP) is 1.19. The Labute approximate surface area is 181 Å². The average molecular weight is 431 g/mol. The van der Waals surface area contributed by atoms with Crippen LogP contribution in [0.4, 0.5) is 0 Å². The summed E-state index contributed by atoms with van der Waals surface area (Å²) in [6.45, 7) is 11.0. The number of hydrogen-bond acceptors (Lipinski definition) is 7. The average Bonchev–Trinajstić information content (AvgIpc) is 2.97. The van der Waals surface area contributed by atoms with Crippen molar-refractivity contribution in [1.29, 1.82) is 0 Å². The molecule has 0 aromatic rings. The zero-order chi connectivity index (χ0) is 22.1. The Kier molecular flexibility index (Phi) is 11.0. The molecule has 0 aromatic carbocycles. The zero-order valence-electron chi connectivity index (χ0n) is 18.9. The summed E-state index contributed by atoms with van der Waals surface area (Å²) in [5, 5.41) is 29.7. The third kappa shape index (κ3) is 8.40.